The molecule has 0 saturated carbocycles. The number of hydrogen-bond acceptors (Lipinski definition) is 3. The van der Waals surface area contributed by atoms with Crippen molar-refractivity contribution in [2.24, 2.45) is 0 Å². The number of rotatable bonds is 4. The summed E-state index contributed by atoms with van der Waals surface area (Å²) in [5.41, 5.74) is 6.70. The Morgan fingerprint density at radius 1 is 0.935 bits per heavy atom. The van der Waals surface area contributed by atoms with Crippen LogP contribution in [-0.4, -0.2) is 20.7 Å². The second kappa shape index (κ2) is 8.36. The summed E-state index contributed by atoms with van der Waals surface area (Å²) < 4.78 is 1.71. The number of hydrogen-bond donors (Lipinski definition) is 1. The van der Waals surface area contributed by atoms with Crippen molar-refractivity contribution in [1.29, 1.82) is 0 Å². The van der Waals surface area contributed by atoms with E-state index in [0.29, 0.717) is 10.8 Å². The first-order valence-corrected chi connectivity index (χ1v) is 10.4. The number of anilines is 1. The van der Waals surface area contributed by atoms with Crippen LogP contribution in [0.2, 0.25) is 5.02 Å². The van der Waals surface area contributed by atoms with Crippen molar-refractivity contribution in [1.82, 2.24) is 14.8 Å². The van der Waals surface area contributed by atoms with Crippen molar-refractivity contribution in [3.8, 4) is 17.1 Å². The van der Waals surface area contributed by atoms with Crippen LogP contribution >= 0.6 is 11.6 Å². The van der Waals surface area contributed by atoms with Crippen LogP contribution in [0.15, 0.2) is 60.7 Å². The van der Waals surface area contributed by atoms with E-state index in [9.17, 15) is 4.79 Å². The highest BCUT2D eigenvalue weighted by atomic mass is 35.5. The molecule has 156 valence electrons. The first-order chi connectivity index (χ1) is 14.8. The van der Waals surface area contributed by atoms with Gasteiger partial charge in [-0.15, -0.1) is 5.10 Å². The van der Waals surface area contributed by atoms with E-state index in [2.05, 4.69) is 21.5 Å². The van der Waals surface area contributed by atoms with Crippen LogP contribution in [0.5, 0.6) is 0 Å². The molecule has 0 aliphatic carbocycles. The van der Waals surface area contributed by atoms with Crippen LogP contribution in [-0.2, 0) is 0 Å². The van der Waals surface area contributed by atoms with Crippen LogP contribution in [0, 0.1) is 27.7 Å². The molecular weight excluding hydrogens is 408 g/mol. The third-order valence-electron chi connectivity index (χ3n) is 5.33. The van der Waals surface area contributed by atoms with Gasteiger partial charge < -0.3 is 5.32 Å². The van der Waals surface area contributed by atoms with Crippen molar-refractivity contribution in [3.05, 3.63) is 93.8 Å². The molecule has 6 heteroatoms. The minimum Gasteiger partial charge on any atom is -0.319 e. The molecule has 1 heterocycles. The zero-order chi connectivity index (χ0) is 22.1. The standard InChI is InChI=1S/C25H23ClN4O/c1-15-11-12-22(17(3)13-15)30-24(19-8-6-9-20(26)14-19)28-23(29-30)25(31)27-21-10-5-7-16(2)18(21)4/h5-14H,1-4H3,(H,27,31). The van der Waals surface area contributed by atoms with Gasteiger partial charge in [0.25, 0.3) is 5.91 Å². The number of carbonyl (C=O) groups is 1. The maximum absolute atomic E-state index is 13.0. The van der Waals surface area contributed by atoms with Crippen molar-refractivity contribution in [3.63, 3.8) is 0 Å². The Balaban J connectivity index is 1.81. The number of aromatic nitrogens is 3. The van der Waals surface area contributed by atoms with Gasteiger partial charge in [0.05, 0.1) is 5.69 Å². The molecule has 0 bridgehead atoms. The predicted octanol–water partition coefficient (Wildman–Crippen LogP) is 6.07. The zero-order valence-electron chi connectivity index (χ0n) is 17.9. The Labute approximate surface area is 186 Å². The zero-order valence-corrected chi connectivity index (χ0v) is 18.7. The number of nitrogens with zero attached hydrogens (tertiary/aromatic N) is 3. The first-order valence-electron chi connectivity index (χ1n) is 10.0. The minimum absolute atomic E-state index is 0.0934. The van der Waals surface area contributed by atoms with Crippen LogP contribution in [0.1, 0.15) is 32.9 Å². The molecule has 1 aromatic heterocycles. The Hall–Kier alpha value is -3.44. The summed E-state index contributed by atoms with van der Waals surface area (Å²) in [5, 5.41) is 8.11. The molecule has 31 heavy (non-hydrogen) atoms. The monoisotopic (exact) mass is 430 g/mol. The summed E-state index contributed by atoms with van der Waals surface area (Å²) in [6, 6.07) is 19.3. The molecule has 0 aliphatic rings. The van der Waals surface area contributed by atoms with E-state index in [-0.39, 0.29) is 11.7 Å². The van der Waals surface area contributed by atoms with Crippen molar-refractivity contribution in [2.75, 3.05) is 5.32 Å². The van der Waals surface area contributed by atoms with E-state index in [0.717, 1.165) is 39.2 Å². The van der Waals surface area contributed by atoms with E-state index < -0.39 is 0 Å². The lowest BCUT2D eigenvalue weighted by molar-refractivity contribution is 0.101. The lowest BCUT2D eigenvalue weighted by Crippen LogP contribution is -2.15. The summed E-state index contributed by atoms with van der Waals surface area (Å²) in [7, 11) is 0. The fourth-order valence-corrected chi connectivity index (χ4v) is 3.69. The van der Waals surface area contributed by atoms with Gasteiger partial charge in [-0.05, 0) is 68.7 Å². The normalized spacial score (nSPS) is 10.9. The first kappa shape index (κ1) is 20.8. The van der Waals surface area contributed by atoms with Gasteiger partial charge in [-0.3, -0.25) is 4.79 Å². The van der Waals surface area contributed by atoms with Crippen LogP contribution in [0.25, 0.3) is 17.1 Å². The highest BCUT2D eigenvalue weighted by molar-refractivity contribution is 6.30. The number of halogens is 1. The van der Waals surface area contributed by atoms with Crippen molar-refractivity contribution >= 4 is 23.2 Å². The Bertz CT molecular complexity index is 1290. The molecular formula is C25H23ClN4O. The maximum Gasteiger partial charge on any atom is 0.295 e. The third kappa shape index (κ3) is 4.23. The van der Waals surface area contributed by atoms with Crippen LogP contribution in [0.4, 0.5) is 5.69 Å². The Morgan fingerprint density at radius 2 is 1.71 bits per heavy atom. The summed E-state index contributed by atoms with van der Waals surface area (Å²) in [6.07, 6.45) is 0. The van der Waals surface area contributed by atoms with Gasteiger partial charge in [-0.1, -0.05) is 53.6 Å². The average Bonchev–Trinajstić information content (AvgIpc) is 3.17. The average molecular weight is 431 g/mol. The molecule has 1 N–H and O–H groups in total. The molecule has 5 nitrogen and oxygen atoms in total. The largest absolute Gasteiger partial charge is 0.319 e. The van der Waals surface area contributed by atoms with E-state index in [1.807, 2.05) is 76.2 Å². The van der Waals surface area contributed by atoms with E-state index in [4.69, 9.17) is 11.6 Å². The summed E-state index contributed by atoms with van der Waals surface area (Å²) >= 11 is 6.22. The Kier molecular flexibility index (Phi) is 5.61. The summed E-state index contributed by atoms with van der Waals surface area (Å²) in [6.45, 7) is 8.04. The molecule has 1 amide bonds. The molecule has 0 saturated heterocycles. The molecule has 3 aromatic carbocycles. The van der Waals surface area contributed by atoms with Crippen LogP contribution < -0.4 is 5.32 Å². The van der Waals surface area contributed by atoms with Gasteiger partial charge in [-0.25, -0.2) is 9.67 Å². The van der Waals surface area contributed by atoms with Crippen molar-refractivity contribution < 1.29 is 4.79 Å². The highest BCUT2D eigenvalue weighted by Crippen LogP contribution is 2.26. The number of aryl methyl sites for hydroxylation is 3. The Morgan fingerprint density at radius 3 is 2.45 bits per heavy atom. The smallest absolute Gasteiger partial charge is 0.295 e. The lowest BCUT2D eigenvalue weighted by Gasteiger charge is -2.10. The maximum atomic E-state index is 13.0. The molecule has 0 spiro atoms. The van der Waals surface area contributed by atoms with Gasteiger partial charge in [0, 0.05) is 16.3 Å². The number of nitrogens with one attached hydrogen (secondary N) is 1. The molecule has 4 rings (SSSR count). The molecule has 0 fully saturated rings. The predicted molar refractivity (Wildman–Crippen MR) is 125 cm³/mol. The fourth-order valence-electron chi connectivity index (χ4n) is 3.50. The summed E-state index contributed by atoms with van der Waals surface area (Å²) in [5.74, 6) is 0.289. The quantitative estimate of drug-likeness (QED) is 0.427. The number of carbonyl (C=O) groups excluding carboxylic acids is 1. The second-order valence-corrected chi connectivity index (χ2v) is 8.11. The molecule has 0 aliphatic heterocycles. The summed E-state index contributed by atoms with van der Waals surface area (Å²) in [4.78, 5) is 17.6. The molecule has 0 radical (unpaired) electrons. The van der Waals surface area contributed by atoms with E-state index in [1.165, 1.54) is 0 Å². The van der Waals surface area contributed by atoms with E-state index >= 15 is 0 Å². The highest BCUT2D eigenvalue weighted by Gasteiger charge is 2.20. The lowest BCUT2D eigenvalue weighted by atomic mass is 10.1. The minimum atomic E-state index is -0.361. The van der Waals surface area contributed by atoms with Gasteiger partial charge in [0.2, 0.25) is 5.82 Å². The number of amides is 1. The SMILES string of the molecule is Cc1ccc(-n2nc(C(=O)Nc3cccc(C)c3C)nc2-c2cccc(Cl)c2)c(C)c1. The third-order valence-corrected chi connectivity index (χ3v) is 5.56. The topological polar surface area (TPSA) is 59.8 Å². The van der Waals surface area contributed by atoms with Gasteiger partial charge in [0.1, 0.15) is 0 Å². The van der Waals surface area contributed by atoms with Gasteiger partial charge in [0.15, 0.2) is 5.82 Å². The van der Waals surface area contributed by atoms with E-state index in [1.54, 1.807) is 10.7 Å². The van der Waals surface area contributed by atoms with Gasteiger partial charge in [-0.2, -0.15) is 0 Å². The van der Waals surface area contributed by atoms with Crippen molar-refractivity contribution in [2.45, 2.75) is 27.7 Å². The molecule has 0 atom stereocenters. The second-order valence-electron chi connectivity index (χ2n) is 7.67. The number of benzene rings is 3. The molecule has 4 aromatic rings. The van der Waals surface area contributed by atoms with Crippen LogP contribution in [0.3, 0.4) is 0 Å². The molecule has 0 unspecified atom stereocenters. The fraction of sp³-hybridized carbons (Fsp3) is 0.160. The van der Waals surface area contributed by atoms with Gasteiger partial charge >= 0.3 is 0 Å².